The maximum atomic E-state index is 14.8. The molecule has 0 bridgehead atoms. The first-order chi connectivity index (χ1) is 16.9. The van der Waals surface area contributed by atoms with Crippen molar-refractivity contribution in [1.29, 1.82) is 0 Å². The van der Waals surface area contributed by atoms with Gasteiger partial charge in [-0.3, -0.25) is 4.68 Å². The molecule has 0 radical (unpaired) electrons. The van der Waals surface area contributed by atoms with Crippen LogP contribution in [0.2, 0.25) is 0 Å². The Morgan fingerprint density at radius 2 is 1.69 bits per heavy atom. The van der Waals surface area contributed by atoms with Crippen LogP contribution < -0.4 is 0 Å². The smallest absolute Gasteiger partial charge is 0.182 e. The lowest BCUT2D eigenvalue weighted by atomic mass is 9.92. The minimum atomic E-state index is -1.05. The summed E-state index contributed by atoms with van der Waals surface area (Å²) in [7, 11) is 0. The van der Waals surface area contributed by atoms with Gasteiger partial charge in [0.1, 0.15) is 34.5 Å². The number of nitrogens with zero attached hydrogens (tertiary/aromatic N) is 6. The van der Waals surface area contributed by atoms with Crippen LogP contribution >= 0.6 is 0 Å². The summed E-state index contributed by atoms with van der Waals surface area (Å²) >= 11 is 0. The zero-order valence-electron chi connectivity index (χ0n) is 19.3. The molecule has 2 atom stereocenters. The van der Waals surface area contributed by atoms with Crippen LogP contribution in [0, 0.1) is 31.3 Å². The Bertz CT molecular complexity index is 1430. The highest BCUT2D eigenvalue weighted by Gasteiger charge is 2.31. The van der Waals surface area contributed by atoms with Gasteiger partial charge in [0.15, 0.2) is 5.65 Å². The third-order valence-corrected chi connectivity index (χ3v) is 6.77. The highest BCUT2D eigenvalue weighted by Crippen LogP contribution is 2.40. The van der Waals surface area contributed by atoms with Gasteiger partial charge in [0.2, 0.25) is 0 Å². The van der Waals surface area contributed by atoms with Crippen LogP contribution in [0.4, 0.5) is 13.2 Å². The Morgan fingerprint density at radius 3 is 2.43 bits per heavy atom. The molecule has 180 valence electrons. The van der Waals surface area contributed by atoms with E-state index in [-0.39, 0.29) is 28.9 Å². The van der Waals surface area contributed by atoms with Gasteiger partial charge in [-0.2, -0.15) is 5.10 Å². The van der Waals surface area contributed by atoms with E-state index in [1.165, 1.54) is 0 Å². The highest BCUT2D eigenvalue weighted by atomic mass is 19.1. The van der Waals surface area contributed by atoms with Crippen molar-refractivity contribution in [2.75, 3.05) is 6.61 Å². The maximum absolute atomic E-state index is 14.8. The molecular weight excluding hydrogens is 457 g/mol. The number of fused-ring (bicyclic) bond motifs is 1. The molecular formula is C25H23F3N6O. The third-order valence-electron chi connectivity index (χ3n) is 6.77. The fourth-order valence-electron chi connectivity index (χ4n) is 4.58. The molecule has 1 aromatic carbocycles. The van der Waals surface area contributed by atoms with E-state index in [4.69, 9.17) is 4.74 Å². The zero-order valence-corrected chi connectivity index (χ0v) is 19.3. The highest BCUT2D eigenvalue weighted by molar-refractivity contribution is 5.87. The van der Waals surface area contributed by atoms with Gasteiger partial charge in [-0.05, 0) is 39.5 Å². The summed E-state index contributed by atoms with van der Waals surface area (Å²) in [5.41, 5.74) is 2.20. The molecule has 4 aromatic rings. The topological polar surface area (TPSA) is 78.6 Å². The van der Waals surface area contributed by atoms with Crippen LogP contribution in [-0.4, -0.2) is 36.3 Å². The molecule has 0 spiro atoms. The van der Waals surface area contributed by atoms with Crippen molar-refractivity contribution in [3.63, 3.8) is 0 Å². The average molecular weight is 480 g/mol. The molecule has 1 saturated carbocycles. The number of rotatable bonds is 4. The number of aryl methyl sites for hydroxylation is 2. The van der Waals surface area contributed by atoms with Crippen LogP contribution in [0.15, 0.2) is 24.5 Å². The molecule has 35 heavy (non-hydrogen) atoms. The van der Waals surface area contributed by atoms with E-state index in [9.17, 15) is 13.2 Å². The summed E-state index contributed by atoms with van der Waals surface area (Å²) in [6.07, 6.45) is 7.18. The summed E-state index contributed by atoms with van der Waals surface area (Å²) < 4.78 is 51.3. The van der Waals surface area contributed by atoms with Gasteiger partial charge in [-0.1, -0.05) is 0 Å². The Morgan fingerprint density at radius 1 is 0.943 bits per heavy atom. The van der Waals surface area contributed by atoms with Gasteiger partial charge in [0, 0.05) is 36.4 Å². The maximum Gasteiger partial charge on any atom is 0.182 e. The largest absolute Gasteiger partial charge is 0.373 e. The number of benzene rings is 1. The second-order valence-corrected chi connectivity index (χ2v) is 9.31. The van der Waals surface area contributed by atoms with E-state index in [1.807, 2.05) is 17.1 Å². The lowest BCUT2D eigenvalue weighted by Gasteiger charge is -2.28. The van der Waals surface area contributed by atoms with Crippen molar-refractivity contribution >= 4 is 11.2 Å². The number of aromatic nitrogens is 6. The minimum Gasteiger partial charge on any atom is -0.373 e. The van der Waals surface area contributed by atoms with E-state index < -0.39 is 23.0 Å². The Balaban J connectivity index is 1.44. The van der Waals surface area contributed by atoms with Crippen LogP contribution in [-0.2, 0) is 4.74 Å². The molecule has 10 heteroatoms. The van der Waals surface area contributed by atoms with E-state index in [1.54, 1.807) is 13.8 Å². The molecule has 1 saturated heterocycles. The first-order valence-electron chi connectivity index (χ1n) is 11.7. The van der Waals surface area contributed by atoms with Gasteiger partial charge in [0.25, 0.3) is 0 Å². The summed E-state index contributed by atoms with van der Waals surface area (Å²) in [4.78, 5) is 18.3. The quantitative estimate of drug-likeness (QED) is 0.395. The van der Waals surface area contributed by atoms with Gasteiger partial charge in [-0.15, -0.1) is 0 Å². The van der Waals surface area contributed by atoms with Gasteiger partial charge in [-0.25, -0.2) is 33.1 Å². The van der Waals surface area contributed by atoms with Crippen LogP contribution in [0.25, 0.3) is 22.4 Å². The molecule has 0 unspecified atom stereocenters. The lowest BCUT2D eigenvalue weighted by Crippen LogP contribution is -2.20. The first kappa shape index (κ1) is 22.1. The molecule has 6 rings (SSSR count). The van der Waals surface area contributed by atoms with Crippen LogP contribution in [0.3, 0.4) is 0 Å². The first-order valence-corrected chi connectivity index (χ1v) is 11.7. The molecule has 7 nitrogen and oxygen atoms in total. The number of hydrogen-bond acceptors (Lipinski definition) is 6. The van der Waals surface area contributed by atoms with Crippen molar-refractivity contribution in [1.82, 2.24) is 29.7 Å². The van der Waals surface area contributed by atoms with E-state index >= 15 is 0 Å². The molecule has 2 fully saturated rings. The molecule has 0 N–H and O–H groups in total. The van der Waals surface area contributed by atoms with Crippen molar-refractivity contribution in [2.45, 2.75) is 57.6 Å². The fourth-order valence-corrected chi connectivity index (χ4v) is 4.58. The third kappa shape index (κ3) is 4.05. The minimum absolute atomic E-state index is 0.0276. The SMILES string of the molecule is Cc1nc2nc([C@H]3CCO[C@H](c4cnn(C5CC5)c4)C3)nc(-c3c(F)cc(F)cc3F)c2nc1C. The van der Waals surface area contributed by atoms with Crippen LogP contribution in [0.1, 0.15) is 66.5 Å². The normalized spacial score (nSPS) is 20.5. The molecule has 2 aliphatic rings. The van der Waals surface area contributed by atoms with E-state index in [0.29, 0.717) is 54.8 Å². The summed E-state index contributed by atoms with van der Waals surface area (Å²) in [5.74, 6) is -2.82. The Hall–Kier alpha value is -3.40. The predicted octanol–water partition coefficient (Wildman–Crippen LogP) is 5.29. The Labute approximate surface area is 199 Å². The fraction of sp³-hybridized carbons (Fsp3) is 0.400. The summed E-state index contributed by atoms with van der Waals surface area (Å²) in [6.45, 7) is 4.03. The Kier molecular flexibility index (Phi) is 5.28. The van der Waals surface area contributed by atoms with Crippen molar-refractivity contribution in [3.8, 4) is 11.3 Å². The molecule has 1 aliphatic heterocycles. The van der Waals surface area contributed by atoms with Crippen molar-refractivity contribution < 1.29 is 17.9 Å². The number of halogens is 3. The number of ether oxygens (including phenoxy) is 1. The second kappa shape index (κ2) is 8.37. The zero-order chi connectivity index (χ0) is 24.3. The summed E-state index contributed by atoms with van der Waals surface area (Å²) in [6, 6.07) is 1.76. The predicted molar refractivity (Wildman–Crippen MR) is 121 cm³/mol. The van der Waals surface area contributed by atoms with E-state index in [0.717, 1.165) is 18.4 Å². The monoisotopic (exact) mass is 480 g/mol. The standard InChI is InChI=1S/C25H23F3N6O/c1-12-13(2)31-25-23(30-12)22(21-18(27)8-16(26)9-19(21)28)32-24(33-25)14-5-6-35-20(7-14)15-10-29-34(11-15)17-3-4-17/h8-11,14,17,20H,3-7H2,1-2H3/t14-,20-/m0/s1. The van der Waals surface area contributed by atoms with E-state index in [2.05, 4.69) is 25.0 Å². The van der Waals surface area contributed by atoms with Gasteiger partial charge in [0.05, 0.1) is 35.3 Å². The van der Waals surface area contributed by atoms with Crippen molar-refractivity contribution in [2.24, 2.45) is 0 Å². The average Bonchev–Trinajstić information content (AvgIpc) is 3.55. The lowest BCUT2D eigenvalue weighted by molar-refractivity contribution is 0.00396. The number of hydrogen-bond donors (Lipinski definition) is 0. The second-order valence-electron chi connectivity index (χ2n) is 9.31. The van der Waals surface area contributed by atoms with Gasteiger partial charge >= 0.3 is 0 Å². The van der Waals surface area contributed by atoms with Crippen LogP contribution in [0.5, 0.6) is 0 Å². The van der Waals surface area contributed by atoms with Gasteiger partial charge < -0.3 is 4.74 Å². The van der Waals surface area contributed by atoms with Crippen molar-refractivity contribution in [3.05, 3.63) is 64.8 Å². The molecule has 0 amide bonds. The molecule has 1 aliphatic carbocycles. The molecule has 4 heterocycles. The summed E-state index contributed by atoms with van der Waals surface area (Å²) in [5, 5.41) is 4.46. The molecule has 3 aromatic heterocycles.